The highest BCUT2D eigenvalue weighted by Crippen LogP contribution is 2.25. The molecule has 1 aromatic carbocycles. The maximum Gasteiger partial charge on any atom is 0.238 e. The molecule has 0 fully saturated rings. The van der Waals surface area contributed by atoms with Crippen LogP contribution in [0.1, 0.15) is 11.3 Å². The Morgan fingerprint density at radius 1 is 1.47 bits per heavy atom. The third-order valence-electron chi connectivity index (χ3n) is 2.67. The Kier molecular flexibility index (Phi) is 3.93. The minimum absolute atomic E-state index is 0.0735. The van der Waals surface area contributed by atoms with E-state index in [0.717, 1.165) is 16.9 Å². The largest absolute Gasteiger partial charge is 0.380 e. The summed E-state index contributed by atoms with van der Waals surface area (Å²) in [6, 6.07) is 4.60. The number of hydrogen-bond donors (Lipinski definition) is 3. The fraction of sp³-hybridized carbons (Fsp3) is 0.182. The Balaban J connectivity index is 2.16. The summed E-state index contributed by atoms with van der Waals surface area (Å²) >= 11 is 3.32. The van der Waals surface area contributed by atoms with E-state index in [9.17, 15) is 8.42 Å². The molecule has 0 radical (unpaired) electrons. The number of nitrogens with one attached hydrogen (secondary N) is 2. The van der Waals surface area contributed by atoms with E-state index in [-0.39, 0.29) is 4.90 Å². The Morgan fingerprint density at radius 3 is 2.74 bits per heavy atom. The molecule has 8 heteroatoms. The first-order chi connectivity index (χ1) is 8.88. The summed E-state index contributed by atoms with van der Waals surface area (Å²) in [5, 5.41) is 15.0. The van der Waals surface area contributed by atoms with E-state index in [0.29, 0.717) is 11.0 Å². The topological polar surface area (TPSA) is 101 Å². The van der Waals surface area contributed by atoms with Crippen molar-refractivity contribution in [2.24, 2.45) is 5.14 Å². The van der Waals surface area contributed by atoms with Gasteiger partial charge < -0.3 is 5.32 Å². The summed E-state index contributed by atoms with van der Waals surface area (Å²) in [5.41, 5.74) is 2.82. The van der Waals surface area contributed by atoms with Crippen LogP contribution in [0.4, 0.5) is 5.69 Å². The highest BCUT2D eigenvalue weighted by atomic mass is 79.9. The third kappa shape index (κ3) is 3.34. The maximum atomic E-state index is 11.2. The minimum Gasteiger partial charge on any atom is -0.380 e. The van der Waals surface area contributed by atoms with Crippen molar-refractivity contribution in [1.82, 2.24) is 10.2 Å². The van der Waals surface area contributed by atoms with E-state index in [4.69, 9.17) is 5.14 Å². The van der Waals surface area contributed by atoms with Gasteiger partial charge in [0, 0.05) is 28.0 Å². The van der Waals surface area contributed by atoms with Crippen molar-refractivity contribution < 1.29 is 8.42 Å². The highest BCUT2D eigenvalue weighted by molar-refractivity contribution is 9.10. The lowest BCUT2D eigenvalue weighted by molar-refractivity contribution is 0.598. The molecule has 0 atom stereocenters. The van der Waals surface area contributed by atoms with Crippen LogP contribution in [0.15, 0.2) is 33.8 Å². The Bertz CT molecular complexity index is 696. The van der Waals surface area contributed by atoms with Gasteiger partial charge in [0.1, 0.15) is 0 Å². The first kappa shape index (κ1) is 14.0. The van der Waals surface area contributed by atoms with Gasteiger partial charge in [0.2, 0.25) is 10.0 Å². The smallest absolute Gasteiger partial charge is 0.238 e. The molecule has 0 saturated carbocycles. The normalized spacial score (nSPS) is 11.5. The van der Waals surface area contributed by atoms with Gasteiger partial charge in [-0.05, 0) is 41.1 Å². The number of nitrogens with two attached hydrogens (primary N) is 1. The second kappa shape index (κ2) is 5.32. The van der Waals surface area contributed by atoms with Crippen molar-refractivity contribution in [1.29, 1.82) is 0 Å². The molecule has 0 saturated heterocycles. The van der Waals surface area contributed by atoms with Gasteiger partial charge >= 0.3 is 0 Å². The molecule has 1 aromatic heterocycles. The summed E-state index contributed by atoms with van der Waals surface area (Å²) in [6.45, 7) is 2.53. The zero-order valence-electron chi connectivity index (χ0n) is 10.1. The SMILES string of the molecule is Cc1[nH]ncc1CNc1ccc(S(N)(=O)=O)cc1Br. The predicted molar refractivity (Wildman–Crippen MR) is 76.2 cm³/mol. The van der Waals surface area contributed by atoms with Gasteiger partial charge in [-0.15, -0.1) is 0 Å². The van der Waals surface area contributed by atoms with E-state index < -0.39 is 10.0 Å². The molecule has 0 aliphatic rings. The van der Waals surface area contributed by atoms with Crippen LogP contribution >= 0.6 is 15.9 Å². The predicted octanol–water partition coefficient (Wildman–Crippen LogP) is 1.74. The molecule has 0 spiro atoms. The van der Waals surface area contributed by atoms with Crippen molar-refractivity contribution in [3.05, 3.63) is 40.1 Å². The number of halogens is 1. The van der Waals surface area contributed by atoms with Crippen LogP contribution in [0.25, 0.3) is 0 Å². The quantitative estimate of drug-likeness (QED) is 0.786. The van der Waals surface area contributed by atoms with E-state index in [1.165, 1.54) is 12.1 Å². The molecule has 0 aliphatic heterocycles. The van der Waals surface area contributed by atoms with Crippen molar-refractivity contribution in [2.75, 3.05) is 5.32 Å². The Morgan fingerprint density at radius 2 is 2.21 bits per heavy atom. The molecule has 0 bridgehead atoms. The maximum absolute atomic E-state index is 11.2. The van der Waals surface area contributed by atoms with Crippen LogP contribution in [-0.2, 0) is 16.6 Å². The lowest BCUT2D eigenvalue weighted by Gasteiger charge is -2.09. The molecular weight excluding hydrogens is 332 g/mol. The van der Waals surface area contributed by atoms with Crippen LogP contribution in [0, 0.1) is 6.92 Å². The first-order valence-electron chi connectivity index (χ1n) is 5.43. The average Bonchev–Trinajstić information content (AvgIpc) is 2.72. The number of H-pyrrole nitrogens is 1. The van der Waals surface area contributed by atoms with Gasteiger partial charge in [-0.1, -0.05) is 0 Å². The summed E-state index contributed by atoms with van der Waals surface area (Å²) in [6.07, 6.45) is 1.74. The molecule has 6 nitrogen and oxygen atoms in total. The van der Waals surface area contributed by atoms with Gasteiger partial charge in [-0.3, -0.25) is 5.10 Å². The van der Waals surface area contributed by atoms with Crippen molar-refractivity contribution in [2.45, 2.75) is 18.4 Å². The number of aromatic amines is 1. The minimum atomic E-state index is -3.68. The summed E-state index contributed by atoms with van der Waals surface area (Å²) < 4.78 is 23.1. The van der Waals surface area contributed by atoms with Gasteiger partial charge in [-0.25, -0.2) is 13.6 Å². The molecule has 2 aromatic rings. The monoisotopic (exact) mass is 344 g/mol. The summed E-state index contributed by atoms with van der Waals surface area (Å²) in [7, 11) is -3.68. The molecule has 19 heavy (non-hydrogen) atoms. The summed E-state index contributed by atoms with van der Waals surface area (Å²) in [5.74, 6) is 0. The van der Waals surface area contributed by atoms with E-state index >= 15 is 0 Å². The lowest BCUT2D eigenvalue weighted by Crippen LogP contribution is -2.12. The van der Waals surface area contributed by atoms with Crippen LogP contribution < -0.4 is 10.5 Å². The number of anilines is 1. The number of nitrogens with zero attached hydrogens (tertiary/aromatic N) is 1. The second-order valence-electron chi connectivity index (χ2n) is 4.06. The molecule has 0 aliphatic carbocycles. The zero-order chi connectivity index (χ0) is 14.0. The van der Waals surface area contributed by atoms with Gasteiger partial charge in [0.15, 0.2) is 0 Å². The van der Waals surface area contributed by atoms with E-state index in [1.807, 2.05) is 6.92 Å². The Hall–Kier alpha value is -1.38. The standard InChI is InChI=1S/C11H13BrN4O2S/c1-7-8(6-15-16-7)5-14-11-3-2-9(4-10(11)12)19(13,17)18/h2-4,6,14H,5H2,1H3,(H,15,16)(H2,13,17,18). The van der Waals surface area contributed by atoms with Crippen molar-refractivity contribution in [3.63, 3.8) is 0 Å². The number of hydrogen-bond acceptors (Lipinski definition) is 4. The number of sulfonamides is 1. The Labute approximate surface area is 119 Å². The molecule has 4 N–H and O–H groups in total. The van der Waals surface area contributed by atoms with Gasteiger partial charge in [-0.2, -0.15) is 5.10 Å². The van der Waals surface area contributed by atoms with Crippen LogP contribution in [0.2, 0.25) is 0 Å². The van der Waals surface area contributed by atoms with Gasteiger partial charge in [0.05, 0.1) is 11.1 Å². The number of rotatable bonds is 4. The van der Waals surface area contributed by atoms with Crippen molar-refractivity contribution >= 4 is 31.6 Å². The van der Waals surface area contributed by atoms with Gasteiger partial charge in [0.25, 0.3) is 0 Å². The molecule has 1 heterocycles. The molecular formula is C11H13BrN4O2S. The first-order valence-corrected chi connectivity index (χ1v) is 7.77. The van der Waals surface area contributed by atoms with Crippen LogP contribution in [0.3, 0.4) is 0 Å². The fourth-order valence-corrected chi connectivity index (χ4v) is 2.77. The number of primary sulfonamides is 1. The average molecular weight is 345 g/mol. The van der Waals surface area contributed by atoms with Crippen LogP contribution in [-0.4, -0.2) is 18.6 Å². The highest BCUT2D eigenvalue weighted by Gasteiger charge is 2.10. The van der Waals surface area contributed by atoms with Crippen molar-refractivity contribution in [3.8, 4) is 0 Å². The number of benzene rings is 1. The lowest BCUT2D eigenvalue weighted by atomic mass is 10.2. The molecule has 0 unspecified atom stereocenters. The number of aryl methyl sites for hydroxylation is 1. The number of aromatic nitrogens is 2. The third-order valence-corrected chi connectivity index (χ3v) is 4.24. The molecule has 2 rings (SSSR count). The van der Waals surface area contributed by atoms with Crippen LogP contribution in [0.5, 0.6) is 0 Å². The second-order valence-corrected chi connectivity index (χ2v) is 6.48. The summed E-state index contributed by atoms with van der Waals surface area (Å²) in [4.78, 5) is 0.0735. The zero-order valence-corrected chi connectivity index (χ0v) is 12.5. The van der Waals surface area contributed by atoms with E-state index in [1.54, 1.807) is 12.3 Å². The molecule has 102 valence electrons. The fourth-order valence-electron chi connectivity index (χ4n) is 1.56. The molecule has 0 amide bonds. The van der Waals surface area contributed by atoms with E-state index in [2.05, 4.69) is 31.4 Å².